The molecule has 2 fully saturated rings. The fraction of sp³-hybridized carbons (Fsp3) is 1.00. The summed E-state index contributed by atoms with van der Waals surface area (Å²) >= 11 is 0. The molecule has 2 aliphatic rings. The summed E-state index contributed by atoms with van der Waals surface area (Å²) < 4.78 is 0. The van der Waals surface area contributed by atoms with Gasteiger partial charge in [0, 0.05) is 25.7 Å². The van der Waals surface area contributed by atoms with E-state index in [0.717, 1.165) is 12.5 Å². The molecule has 2 rings (SSSR count). The molecule has 3 heteroatoms. The second-order valence-corrected chi connectivity index (χ2v) is 5.39. The van der Waals surface area contributed by atoms with Crippen LogP contribution in [0.4, 0.5) is 0 Å². The molecule has 0 aromatic heterocycles. The number of rotatable bonds is 3. The van der Waals surface area contributed by atoms with Crippen LogP contribution in [0.2, 0.25) is 0 Å². The Labute approximate surface area is 93.6 Å². The Bertz CT molecular complexity index is 187. The van der Waals surface area contributed by atoms with Crippen molar-refractivity contribution in [3.8, 4) is 0 Å². The van der Waals surface area contributed by atoms with Gasteiger partial charge in [-0.15, -0.1) is 0 Å². The number of nitrogens with zero attached hydrogens (tertiary/aromatic N) is 1. The summed E-state index contributed by atoms with van der Waals surface area (Å²) in [5.41, 5.74) is 0. The molecule has 88 valence electrons. The molecule has 0 amide bonds. The van der Waals surface area contributed by atoms with Crippen LogP contribution >= 0.6 is 0 Å². The highest BCUT2D eigenvalue weighted by molar-refractivity contribution is 4.84. The maximum absolute atomic E-state index is 3.63. The van der Waals surface area contributed by atoms with Crippen LogP contribution < -0.4 is 10.6 Å². The Hall–Kier alpha value is -0.120. The van der Waals surface area contributed by atoms with Crippen LogP contribution in [0.15, 0.2) is 0 Å². The van der Waals surface area contributed by atoms with Crippen LogP contribution in [0, 0.1) is 5.92 Å². The van der Waals surface area contributed by atoms with Crippen LogP contribution in [0.25, 0.3) is 0 Å². The predicted molar refractivity (Wildman–Crippen MR) is 63.8 cm³/mol. The molecule has 2 heterocycles. The van der Waals surface area contributed by atoms with Gasteiger partial charge in [-0.05, 0) is 31.7 Å². The maximum Gasteiger partial charge on any atom is 0.0598 e. The molecule has 2 atom stereocenters. The molecule has 2 N–H and O–H groups in total. The predicted octanol–water partition coefficient (Wildman–Crippen LogP) is 1.02. The molecule has 0 radical (unpaired) electrons. The lowest BCUT2D eigenvalue weighted by Gasteiger charge is -2.38. The standard InChI is InChI=1S/C12H25N3/c1-10(2)8-11-9-15(7-6-13-11)12-4-3-5-14-12/h10-14H,3-9H2,1-2H3. The molecule has 0 saturated carbocycles. The van der Waals surface area contributed by atoms with E-state index in [1.165, 1.54) is 38.9 Å². The van der Waals surface area contributed by atoms with E-state index in [-0.39, 0.29) is 0 Å². The van der Waals surface area contributed by atoms with Gasteiger partial charge in [-0.1, -0.05) is 13.8 Å². The van der Waals surface area contributed by atoms with E-state index in [4.69, 9.17) is 0 Å². The minimum atomic E-state index is 0.668. The number of nitrogens with one attached hydrogen (secondary N) is 2. The van der Waals surface area contributed by atoms with Crippen LogP contribution in [0.5, 0.6) is 0 Å². The summed E-state index contributed by atoms with van der Waals surface area (Å²) in [4.78, 5) is 2.64. The monoisotopic (exact) mass is 211 g/mol. The van der Waals surface area contributed by atoms with Crippen molar-refractivity contribution in [1.29, 1.82) is 0 Å². The van der Waals surface area contributed by atoms with E-state index in [1.807, 2.05) is 0 Å². The van der Waals surface area contributed by atoms with Gasteiger partial charge in [0.25, 0.3) is 0 Å². The lowest BCUT2D eigenvalue weighted by molar-refractivity contribution is 0.125. The molecule has 0 aromatic rings. The zero-order valence-corrected chi connectivity index (χ0v) is 10.1. The molecule has 0 aliphatic carbocycles. The van der Waals surface area contributed by atoms with Crippen molar-refractivity contribution < 1.29 is 0 Å². The minimum Gasteiger partial charge on any atom is -0.311 e. The fourth-order valence-corrected chi connectivity index (χ4v) is 2.84. The zero-order chi connectivity index (χ0) is 10.7. The van der Waals surface area contributed by atoms with Crippen LogP contribution in [-0.4, -0.2) is 43.3 Å². The molecule has 0 bridgehead atoms. The first-order valence-electron chi connectivity index (χ1n) is 6.46. The lowest BCUT2D eigenvalue weighted by Crippen LogP contribution is -2.56. The SMILES string of the molecule is CC(C)CC1CN(C2CCCN2)CCN1. The van der Waals surface area contributed by atoms with Gasteiger partial charge in [0.15, 0.2) is 0 Å². The summed E-state index contributed by atoms with van der Waals surface area (Å²) in [6, 6.07) is 0.709. The molecule has 2 unspecified atom stereocenters. The van der Waals surface area contributed by atoms with E-state index in [0.29, 0.717) is 12.2 Å². The summed E-state index contributed by atoms with van der Waals surface area (Å²) in [5, 5.41) is 7.23. The van der Waals surface area contributed by atoms with Gasteiger partial charge in [-0.25, -0.2) is 0 Å². The van der Waals surface area contributed by atoms with Gasteiger partial charge in [0.05, 0.1) is 6.17 Å². The highest BCUT2D eigenvalue weighted by Crippen LogP contribution is 2.15. The minimum absolute atomic E-state index is 0.668. The molecule has 0 aromatic carbocycles. The molecular formula is C12H25N3. The quantitative estimate of drug-likeness (QED) is 0.730. The maximum atomic E-state index is 3.63. The largest absolute Gasteiger partial charge is 0.311 e. The third kappa shape index (κ3) is 3.16. The average Bonchev–Trinajstić information content (AvgIpc) is 2.69. The van der Waals surface area contributed by atoms with Crippen molar-refractivity contribution in [2.45, 2.75) is 45.3 Å². The Morgan fingerprint density at radius 3 is 2.80 bits per heavy atom. The Balaban J connectivity index is 1.80. The van der Waals surface area contributed by atoms with Crippen molar-refractivity contribution in [3.05, 3.63) is 0 Å². The van der Waals surface area contributed by atoms with Gasteiger partial charge >= 0.3 is 0 Å². The number of hydrogen-bond acceptors (Lipinski definition) is 3. The lowest BCUT2D eigenvalue weighted by atomic mass is 10.0. The Morgan fingerprint density at radius 2 is 2.13 bits per heavy atom. The number of hydrogen-bond donors (Lipinski definition) is 2. The van der Waals surface area contributed by atoms with E-state index in [9.17, 15) is 0 Å². The molecular weight excluding hydrogens is 186 g/mol. The van der Waals surface area contributed by atoms with Crippen molar-refractivity contribution >= 4 is 0 Å². The Morgan fingerprint density at radius 1 is 1.27 bits per heavy atom. The first kappa shape index (κ1) is 11.4. The zero-order valence-electron chi connectivity index (χ0n) is 10.1. The van der Waals surface area contributed by atoms with Crippen LogP contribution in [0.1, 0.15) is 33.1 Å². The molecule has 0 spiro atoms. The van der Waals surface area contributed by atoms with E-state index in [2.05, 4.69) is 29.4 Å². The molecule has 3 nitrogen and oxygen atoms in total. The highest BCUT2D eigenvalue weighted by Gasteiger charge is 2.27. The van der Waals surface area contributed by atoms with Gasteiger partial charge in [-0.2, -0.15) is 0 Å². The second kappa shape index (κ2) is 5.28. The summed E-state index contributed by atoms with van der Waals surface area (Å²) in [7, 11) is 0. The van der Waals surface area contributed by atoms with Crippen molar-refractivity contribution in [2.75, 3.05) is 26.2 Å². The third-order valence-electron chi connectivity index (χ3n) is 3.52. The molecule has 2 aliphatic heterocycles. The van der Waals surface area contributed by atoms with Gasteiger partial charge in [-0.3, -0.25) is 4.90 Å². The first-order chi connectivity index (χ1) is 7.25. The van der Waals surface area contributed by atoms with E-state index < -0.39 is 0 Å². The summed E-state index contributed by atoms with van der Waals surface area (Å²) in [6.07, 6.45) is 4.67. The normalized spacial score (nSPS) is 33.8. The fourth-order valence-electron chi connectivity index (χ4n) is 2.84. The van der Waals surface area contributed by atoms with E-state index in [1.54, 1.807) is 0 Å². The van der Waals surface area contributed by atoms with Crippen LogP contribution in [-0.2, 0) is 0 Å². The summed E-state index contributed by atoms with van der Waals surface area (Å²) in [5.74, 6) is 0.805. The third-order valence-corrected chi connectivity index (χ3v) is 3.52. The van der Waals surface area contributed by atoms with Crippen LogP contribution in [0.3, 0.4) is 0 Å². The smallest absolute Gasteiger partial charge is 0.0598 e. The highest BCUT2D eigenvalue weighted by atomic mass is 15.3. The second-order valence-electron chi connectivity index (χ2n) is 5.39. The Kier molecular flexibility index (Phi) is 4.00. The van der Waals surface area contributed by atoms with Gasteiger partial charge < -0.3 is 10.6 Å². The topological polar surface area (TPSA) is 27.3 Å². The molecule has 2 saturated heterocycles. The van der Waals surface area contributed by atoms with Gasteiger partial charge in [0.1, 0.15) is 0 Å². The van der Waals surface area contributed by atoms with Crippen molar-refractivity contribution in [1.82, 2.24) is 15.5 Å². The first-order valence-corrected chi connectivity index (χ1v) is 6.46. The number of piperazine rings is 1. The molecule has 15 heavy (non-hydrogen) atoms. The van der Waals surface area contributed by atoms with E-state index >= 15 is 0 Å². The average molecular weight is 211 g/mol. The summed E-state index contributed by atoms with van der Waals surface area (Å²) in [6.45, 7) is 9.45. The van der Waals surface area contributed by atoms with Gasteiger partial charge in [0.2, 0.25) is 0 Å². The van der Waals surface area contributed by atoms with Crippen molar-refractivity contribution in [2.24, 2.45) is 5.92 Å². The van der Waals surface area contributed by atoms with Crippen molar-refractivity contribution in [3.63, 3.8) is 0 Å².